The molecule has 0 heterocycles. The second-order valence-corrected chi connectivity index (χ2v) is 4.52. The second-order valence-electron chi connectivity index (χ2n) is 4.08. The first-order valence-electron chi connectivity index (χ1n) is 5.27. The van der Waals surface area contributed by atoms with E-state index in [9.17, 15) is 4.79 Å². The van der Waals surface area contributed by atoms with Crippen LogP contribution in [0, 0.1) is 5.92 Å². The van der Waals surface area contributed by atoms with Crippen molar-refractivity contribution < 1.29 is 4.79 Å². The SMILES string of the molecule is CN(C(=O)C1CC1)c1ccc(C(N)=S)cc1. The van der Waals surface area contributed by atoms with Crippen LogP contribution in [0.2, 0.25) is 0 Å². The van der Waals surface area contributed by atoms with Crippen LogP contribution in [0.3, 0.4) is 0 Å². The van der Waals surface area contributed by atoms with Crippen LogP contribution in [0.1, 0.15) is 18.4 Å². The number of hydrogen-bond acceptors (Lipinski definition) is 2. The summed E-state index contributed by atoms with van der Waals surface area (Å²) in [7, 11) is 1.80. The predicted octanol–water partition coefficient (Wildman–Crippen LogP) is 1.69. The van der Waals surface area contributed by atoms with Crippen molar-refractivity contribution in [1.29, 1.82) is 0 Å². The Balaban J connectivity index is 2.14. The van der Waals surface area contributed by atoms with Gasteiger partial charge in [-0.25, -0.2) is 0 Å². The van der Waals surface area contributed by atoms with E-state index in [1.807, 2.05) is 24.3 Å². The van der Waals surface area contributed by atoms with Crippen LogP contribution >= 0.6 is 12.2 Å². The molecular weight excluding hydrogens is 220 g/mol. The molecule has 0 aliphatic heterocycles. The molecule has 0 saturated heterocycles. The fourth-order valence-corrected chi connectivity index (χ4v) is 1.72. The van der Waals surface area contributed by atoms with Crippen molar-refractivity contribution in [3.8, 4) is 0 Å². The molecule has 84 valence electrons. The molecule has 16 heavy (non-hydrogen) atoms. The molecule has 0 atom stereocenters. The van der Waals surface area contributed by atoms with Crippen molar-refractivity contribution in [3.05, 3.63) is 29.8 Å². The number of rotatable bonds is 3. The minimum Gasteiger partial charge on any atom is -0.389 e. The maximum atomic E-state index is 11.8. The highest BCUT2D eigenvalue weighted by molar-refractivity contribution is 7.80. The number of thiocarbonyl (C=S) groups is 1. The topological polar surface area (TPSA) is 46.3 Å². The van der Waals surface area contributed by atoms with Gasteiger partial charge >= 0.3 is 0 Å². The zero-order valence-electron chi connectivity index (χ0n) is 9.14. The first-order chi connectivity index (χ1) is 7.59. The Morgan fingerprint density at radius 3 is 2.38 bits per heavy atom. The Labute approximate surface area is 100 Å². The van der Waals surface area contributed by atoms with Crippen LogP contribution in [0.15, 0.2) is 24.3 Å². The molecule has 2 rings (SSSR count). The molecule has 0 bridgehead atoms. The van der Waals surface area contributed by atoms with Gasteiger partial charge in [-0.1, -0.05) is 12.2 Å². The number of nitrogens with zero attached hydrogens (tertiary/aromatic N) is 1. The van der Waals surface area contributed by atoms with Gasteiger partial charge in [0.25, 0.3) is 0 Å². The van der Waals surface area contributed by atoms with Crippen LogP contribution in [0.5, 0.6) is 0 Å². The van der Waals surface area contributed by atoms with E-state index in [4.69, 9.17) is 18.0 Å². The van der Waals surface area contributed by atoms with Gasteiger partial charge in [-0.3, -0.25) is 4.79 Å². The standard InChI is InChI=1S/C12H14N2OS/c1-14(12(15)9-2-3-9)10-6-4-8(5-7-10)11(13)16/h4-7,9H,2-3H2,1H3,(H2,13,16). The summed E-state index contributed by atoms with van der Waals surface area (Å²) in [6.45, 7) is 0. The van der Waals surface area contributed by atoms with Gasteiger partial charge in [0.05, 0.1) is 0 Å². The average molecular weight is 234 g/mol. The number of carbonyl (C=O) groups excluding carboxylic acids is 1. The highest BCUT2D eigenvalue weighted by atomic mass is 32.1. The molecule has 1 aromatic rings. The smallest absolute Gasteiger partial charge is 0.229 e. The van der Waals surface area contributed by atoms with Gasteiger partial charge < -0.3 is 10.6 Å². The summed E-state index contributed by atoms with van der Waals surface area (Å²) >= 11 is 4.87. The van der Waals surface area contributed by atoms with E-state index in [2.05, 4.69) is 0 Å². The maximum absolute atomic E-state index is 11.8. The lowest BCUT2D eigenvalue weighted by atomic mass is 10.2. The Morgan fingerprint density at radius 2 is 1.94 bits per heavy atom. The summed E-state index contributed by atoms with van der Waals surface area (Å²) in [5, 5.41) is 0. The average Bonchev–Trinajstić information content (AvgIpc) is 3.11. The number of amides is 1. The minimum atomic E-state index is 0.197. The molecule has 0 aromatic heterocycles. The summed E-state index contributed by atoms with van der Waals surface area (Å²) in [6.07, 6.45) is 2.04. The van der Waals surface area contributed by atoms with Crippen LogP contribution in [-0.4, -0.2) is 17.9 Å². The molecule has 1 saturated carbocycles. The first kappa shape index (κ1) is 11.1. The Morgan fingerprint density at radius 1 is 1.38 bits per heavy atom. The Kier molecular flexibility index (Phi) is 2.92. The molecule has 4 heteroatoms. The molecule has 1 aliphatic rings. The molecule has 1 aromatic carbocycles. The van der Waals surface area contributed by atoms with Crippen molar-refractivity contribution in [2.24, 2.45) is 11.7 Å². The number of nitrogens with two attached hydrogens (primary N) is 1. The van der Waals surface area contributed by atoms with E-state index in [0.29, 0.717) is 4.99 Å². The van der Waals surface area contributed by atoms with Gasteiger partial charge in [0.1, 0.15) is 4.99 Å². The number of hydrogen-bond donors (Lipinski definition) is 1. The van der Waals surface area contributed by atoms with E-state index >= 15 is 0 Å². The predicted molar refractivity (Wildman–Crippen MR) is 68.5 cm³/mol. The fraction of sp³-hybridized carbons (Fsp3) is 0.333. The van der Waals surface area contributed by atoms with Gasteiger partial charge in [-0.15, -0.1) is 0 Å². The summed E-state index contributed by atoms with van der Waals surface area (Å²) in [5.41, 5.74) is 7.22. The van der Waals surface area contributed by atoms with E-state index in [0.717, 1.165) is 24.1 Å². The van der Waals surface area contributed by atoms with Crippen molar-refractivity contribution in [2.75, 3.05) is 11.9 Å². The summed E-state index contributed by atoms with van der Waals surface area (Å²) in [4.78, 5) is 13.9. The molecule has 1 fully saturated rings. The molecule has 3 nitrogen and oxygen atoms in total. The first-order valence-corrected chi connectivity index (χ1v) is 5.68. The third-order valence-corrected chi connectivity index (χ3v) is 3.03. The van der Waals surface area contributed by atoms with Crippen LogP contribution in [-0.2, 0) is 4.79 Å². The zero-order chi connectivity index (χ0) is 11.7. The minimum absolute atomic E-state index is 0.197. The molecule has 1 aliphatic carbocycles. The van der Waals surface area contributed by atoms with E-state index < -0.39 is 0 Å². The molecule has 1 amide bonds. The van der Waals surface area contributed by atoms with Crippen LogP contribution < -0.4 is 10.6 Å². The fourth-order valence-electron chi connectivity index (χ4n) is 1.58. The second kappa shape index (κ2) is 4.22. The van der Waals surface area contributed by atoms with Crippen molar-refractivity contribution >= 4 is 28.8 Å². The Bertz CT molecular complexity index is 423. The largest absolute Gasteiger partial charge is 0.389 e. The molecule has 2 N–H and O–H groups in total. The maximum Gasteiger partial charge on any atom is 0.229 e. The molecule has 0 radical (unpaired) electrons. The summed E-state index contributed by atoms with van der Waals surface area (Å²) in [5.74, 6) is 0.434. The molecule has 0 spiro atoms. The van der Waals surface area contributed by atoms with E-state index in [1.54, 1.807) is 11.9 Å². The third-order valence-electron chi connectivity index (χ3n) is 2.80. The quantitative estimate of drug-likeness (QED) is 0.810. The van der Waals surface area contributed by atoms with Gasteiger partial charge in [-0.2, -0.15) is 0 Å². The van der Waals surface area contributed by atoms with Gasteiger partial charge in [0.2, 0.25) is 5.91 Å². The summed E-state index contributed by atoms with van der Waals surface area (Å²) in [6, 6.07) is 7.42. The lowest BCUT2D eigenvalue weighted by molar-refractivity contribution is -0.119. The monoisotopic (exact) mass is 234 g/mol. The lowest BCUT2D eigenvalue weighted by Gasteiger charge is -2.17. The van der Waals surface area contributed by atoms with Gasteiger partial charge in [0.15, 0.2) is 0 Å². The number of benzene rings is 1. The summed E-state index contributed by atoms with van der Waals surface area (Å²) < 4.78 is 0. The third kappa shape index (κ3) is 2.22. The number of carbonyl (C=O) groups is 1. The van der Waals surface area contributed by atoms with Crippen molar-refractivity contribution in [1.82, 2.24) is 0 Å². The zero-order valence-corrected chi connectivity index (χ0v) is 9.96. The normalized spacial score (nSPS) is 14.6. The molecular formula is C12H14N2OS. The number of anilines is 1. The van der Waals surface area contributed by atoms with Crippen molar-refractivity contribution in [3.63, 3.8) is 0 Å². The highest BCUT2D eigenvalue weighted by Crippen LogP contribution is 2.32. The van der Waals surface area contributed by atoms with E-state index in [-0.39, 0.29) is 11.8 Å². The van der Waals surface area contributed by atoms with Gasteiger partial charge in [-0.05, 0) is 37.1 Å². The van der Waals surface area contributed by atoms with Crippen molar-refractivity contribution in [2.45, 2.75) is 12.8 Å². The van der Waals surface area contributed by atoms with Gasteiger partial charge in [0, 0.05) is 24.2 Å². The van der Waals surface area contributed by atoms with Crippen LogP contribution in [0.25, 0.3) is 0 Å². The van der Waals surface area contributed by atoms with Crippen LogP contribution in [0.4, 0.5) is 5.69 Å². The highest BCUT2D eigenvalue weighted by Gasteiger charge is 2.32. The lowest BCUT2D eigenvalue weighted by Crippen LogP contribution is -2.27. The Hall–Kier alpha value is -1.42. The molecule has 0 unspecified atom stereocenters. The van der Waals surface area contributed by atoms with E-state index in [1.165, 1.54) is 0 Å².